The monoisotopic (exact) mass is 227 g/mol. The maximum Gasteiger partial charge on any atom is 0.137 e. The molecule has 1 aromatic carbocycles. The molecule has 0 bridgehead atoms. The second kappa shape index (κ2) is 4.72. The predicted molar refractivity (Wildman–Crippen MR) is 68.7 cm³/mol. The molecule has 2 N–H and O–H groups in total. The van der Waals surface area contributed by atoms with Crippen LogP contribution in [0.15, 0.2) is 36.7 Å². The van der Waals surface area contributed by atoms with Crippen LogP contribution < -0.4 is 5.32 Å². The van der Waals surface area contributed by atoms with Crippen molar-refractivity contribution >= 4 is 0 Å². The van der Waals surface area contributed by atoms with E-state index in [-0.39, 0.29) is 0 Å². The molecule has 88 valence electrons. The first-order chi connectivity index (χ1) is 8.42. The standard InChI is InChI=1S/C14H17N3/c1-3-13(14-16-7-8-17-14)4-2-11(1)9-12-5-6-15-10-12/h1-4,7-8,12,15H,5-6,9-10H2,(H,16,17). The van der Waals surface area contributed by atoms with Gasteiger partial charge in [0, 0.05) is 18.0 Å². The number of hydrogen-bond donors (Lipinski definition) is 2. The van der Waals surface area contributed by atoms with Gasteiger partial charge in [0.1, 0.15) is 5.82 Å². The molecule has 3 heteroatoms. The highest BCUT2D eigenvalue weighted by atomic mass is 14.9. The molecule has 0 spiro atoms. The molecule has 1 unspecified atom stereocenters. The molecule has 2 heterocycles. The summed E-state index contributed by atoms with van der Waals surface area (Å²) in [5, 5.41) is 3.41. The van der Waals surface area contributed by atoms with E-state index in [0.29, 0.717) is 0 Å². The van der Waals surface area contributed by atoms with Crippen LogP contribution in [0.25, 0.3) is 11.4 Å². The molecule has 1 fully saturated rings. The maximum atomic E-state index is 4.25. The topological polar surface area (TPSA) is 40.7 Å². The summed E-state index contributed by atoms with van der Waals surface area (Å²) in [5.74, 6) is 1.75. The Morgan fingerprint density at radius 2 is 2.12 bits per heavy atom. The highest BCUT2D eigenvalue weighted by molar-refractivity contribution is 5.55. The van der Waals surface area contributed by atoms with Crippen molar-refractivity contribution in [2.75, 3.05) is 13.1 Å². The summed E-state index contributed by atoms with van der Waals surface area (Å²) in [6, 6.07) is 8.74. The van der Waals surface area contributed by atoms with E-state index in [9.17, 15) is 0 Å². The van der Waals surface area contributed by atoms with Crippen LogP contribution in [0.2, 0.25) is 0 Å². The Labute approximate surface area is 101 Å². The summed E-state index contributed by atoms with van der Waals surface area (Å²) in [4.78, 5) is 7.38. The average molecular weight is 227 g/mol. The Balaban J connectivity index is 1.71. The van der Waals surface area contributed by atoms with Gasteiger partial charge in [0.25, 0.3) is 0 Å². The van der Waals surface area contributed by atoms with E-state index in [2.05, 4.69) is 39.6 Å². The van der Waals surface area contributed by atoms with E-state index in [0.717, 1.165) is 17.3 Å². The number of hydrogen-bond acceptors (Lipinski definition) is 2. The number of imidazole rings is 1. The van der Waals surface area contributed by atoms with Crippen LogP contribution in [0.5, 0.6) is 0 Å². The van der Waals surface area contributed by atoms with Crippen molar-refractivity contribution in [2.45, 2.75) is 12.8 Å². The highest BCUT2D eigenvalue weighted by Crippen LogP contribution is 2.19. The summed E-state index contributed by atoms with van der Waals surface area (Å²) in [7, 11) is 0. The fraction of sp³-hybridized carbons (Fsp3) is 0.357. The van der Waals surface area contributed by atoms with Gasteiger partial charge in [0.15, 0.2) is 0 Å². The fourth-order valence-electron chi connectivity index (χ4n) is 2.44. The number of H-pyrrole nitrogens is 1. The third kappa shape index (κ3) is 2.39. The molecule has 2 aromatic rings. The van der Waals surface area contributed by atoms with Gasteiger partial charge in [-0.25, -0.2) is 4.98 Å². The minimum Gasteiger partial charge on any atom is -0.345 e. The quantitative estimate of drug-likeness (QED) is 0.844. The molecule has 3 nitrogen and oxygen atoms in total. The lowest BCUT2D eigenvalue weighted by Crippen LogP contribution is -2.10. The molecule has 0 saturated carbocycles. The van der Waals surface area contributed by atoms with Gasteiger partial charge >= 0.3 is 0 Å². The van der Waals surface area contributed by atoms with Crippen LogP contribution in [0.3, 0.4) is 0 Å². The zero-order chi connectivity index (χ0) is 11.5. The number of rotatable bonds is 3. The Morgan fingerprint density at radius 3 is 2.76 bits per heavy atom. The fourth-order valence-corrected chi connectivity index (χ4v) is 2.44. The minimum absolute atomic E-state index is 0.810. The van der Waals surface area contributed by atoms with Gasteiger partial charge in [-0.05, 0) is 37.4 Å². The number of benzene rings is 1. The van der Waals surface area contributed by atoms with Gasteiger partial charge in [0.05, 0.1) is 0 Å². The first-order valence-corrected chi connectivity index (χ1v) is 6.21. The van der Waals surface area contributed by atoms with Crippen molar-refractivity contribution in [3.8, 4) is 11.4 Å². The van der Waals surface area contributed by atoms with Crippen LogP contribution in [-0.2, 0) is 6.42 Å². The molecule has 17 heavy (non-hydrogen) atoms. The van der Waals surface area contributed by atoms with Crippen molar-refractivity contribution < 1.29 is 0 Å². The Kier molecular flexibility index (Phi) is 2.92. The lowest BCUT2D eigenvalue weighted by molar-refractivity contribution is 0.580. The van der Waals surface area contributed by atoms with Crippen LogP contribution >= 0.6 is 0 Å². The van der Waals surface area contributed by atoms with Crippen molar-refractivity contribution in [3.05, 3.63) is 42.2 Å². The molecule has 0 radical (unpaired) electrons. The van der Waals surface area contributed by atoms with E-state index in [1.54, 1.807) is 6.20 Å². The van der Waals surface area contributed by atoms with Crippen molar-refractivity contribution in [1.82, 2.24) is 15.3 Å². The summed E-state index contributed by atoms with van der Waals surface area (Å²) in [5.41, 5.74) is 2.58. The van der Waals surface area contributed by atoms with Gasteiger partial charge in [-0.3, -0.25) is 0 Å². The first kappa shape index (κ1) is 10.5. The van der Waals surface area contributed by atoms with E-state index in [1.165, 1.54) is 31.5 Å². The maximum absolute atomic E-state index is 4.25. The number of nitrogens with one attached hydrogen (secondary N) is 2. The second-order valence-electron chi connectivity index (χ2n) is 4.70. The molecule has 0 amide bonds. The third-order valence-corrected chi connectivity index (χ3v) is 3.41. The van der Waals surface area contributed by atoms with Gasteiger partial charge in [-0.1, -0.05) is 24.3 Å². The summed E-state index contributed by atoms with van der Waals surface area (Å²) < 4.78 is 0. The molecule has 1 saturated heterocycles. The smallest absolute Gasteiger partial charge is 0.137 e. The summed E-state index contributed by atoms with van der Waals surface area (Å²) in [6.07, 6.45) is 6.13. The Hall–Kier alpha value is -1.61. The molecular weight excluding hydrogens is 210 g/mol. The van der Waals surface area contributed by atoms with Crippen LogP contribution in [-0.4, -0.2) is 23.1 Å². The van der Waals surface area contributed by atoms with E-state index in [1.807, 2.05) is 6.20 Å². The molecule has 1 aromatic heterocycles. The highest BCUT2D eigenvalue weighted by Gasteiger charge is 2.14. The lowest BCUT2D eigenvalue weighted by Gasteiger charge is -2.08. The molecule has 1 aliphatic heterocycles. The summed E-state index contributed by atoms with van der Waals surface area (Å²) >= 11 is 0. The van der Waals surface area contributed by atoms with Crippen molar-refractivity contribution in [3.63, 3.8) is 0 Å². The predicted octanol–water partition coefficient (Wildman–Crippen LogP) is 2.23. The van der Waals surface area contributed by atoms with Gasteiger partial charge in [-0.15, -0.1) is 0 Å². The van der Waals surface area contributed by atoms with Crippen LogP contribution in [0.4, 0.5) is 0 Å². The SMILES string of the molecule is c1c[nH]c(-c2ccc(CC3CCNC3)cc2)n1. The van der Waals surface area contributed by atoms with Gasteiger partial charge in [-0.2, -0.15) is 0 Å². The van der Waals surface area contributed by atoms with Crippen molar-refractivity contribution in [1.29, 1.82) is 0 Å². The van der Waals surface area contributed by atoms with Crippen molar-refractivity contribution in [2.24, 2.45) is 5.92 Å². The second-order valence-corrected chi connectivity index (χ2v) is 4.70. The van der Waals surface area contributed by atoms with Gasteiger partial charge < -0.3 is 10.3 Å². The molecular formula is C14H17N3. The van der Waals surface area contributed by atoms with E-state index >= 15 is 0 Å². The Bertz CT molecular complexity index is 453. The van der Waals surface area contributed by atoms with Crippen LogP contribution in [0.1, 0.15) is 12.0 Å². The number of aromatic nitrogens is 2. The largest absolute Gasteiger partial charge is 0.345 e. The zero-order valence-electron chi connectivity index (χ0n) is 9.82. The minimum atomic E-state index is 0.810. The van der Waals surface area contributed by atoms with E-state index < -0.39 is 0 Å². The number of nitrogens with zero attached hydrogens (tertiary/aromatic N) is 1. The number of aromatic amines is 1. The first-order valence-electron chi connectivity index (χ1n) is 6.21. The van der Waals surface area contributed by atoms with E-state index in [4.69, 9.17) is 0 Å². The molecule has 3 rings (SSSR count). The molecule has 1 aliphatic rings. The molecule has 1 atom stereocenters. The lowest BCUT2D eigenvalue weighted by atomic mass is 9.98. The molecule has 0 aliphatic carbocycles. The summed E-state index contributed by atoms with van der Waals surface area (Å²) in [6.45, 7) is 2.34. The third-order valence-electron chi connectivity index (χ3n) is 3.41. The van der Waals surface area contributed by atoms with Crippen LogP contribution in [0, 0.1) is 5.92 Å². The Morgan fingerprint density at radius 1 is 1.24 bits per heavy atom. The zero-order valence-corrected chi connectivity index (χ0v) is 9.82. The normalized spacial score (nSPS) is 19.6. The van der Waals surface area contributed by atoms with Gasteiger partial charge in [0.2, 0.25) is 0 Å². The average Bonchev–Trinajstić information content (AvgIpc) is 3.01.